The zero-order valence-corrected chi connectivity index (χ0v) is 14.4. The molecule has 25 heavy (non-hydrogen) atoms. The highest BCUT2D eigenvalue weighted by molar-refractivity contribution is 5.68. The summed E-state index contributed by atoms with van der Waals surface area (Å²) in [6.45, 7) is 5.96. The van der Waals surface area contributed by atoms with Crippen molar-refractivity contribution in [1.82, 2.24) is 10.2 Å². The number of nitrogens with zero attached hydrogens (tertiary/aromatic N) is 1. The van der Waals surface area contributed by atoms with E-state index in [-0.39, 0.29) is 18.2 Å². The number of halogens is 4. The smallest absolute Gasteiger partial charge is 0.416 e. The van der Waals surface area contributed by atoms with E-state index in [0.29, 0.717) is 19.5 Å². The van der Waals surface area contributed by atoms with E-state index < -0.39 is 29.3 Å². The van der Waals surface area contributed by atoms with E-state index in [4.69, 9.17) is 4.74 Å². The zero-order valence-electron chi connectivity index (χ0n) is 14.4. The standard InChI is InChI=1S/C17H22F4N2O2/c1-16(2,3)25-15(24)23-7-6-13(10-23)22-9-11-8-12(18)4-5-14(11)17(19,20)21/h4-5,8,13,22H,6-7,9-10H2,1-3H3. The number of carbonyl (C=O) groups excluding carboxylic acids is 1. The van der Waals surface area contributed by atoms with Gasteiger partial charge in [-0.3, -0.25) is 0 Å². The lowest BCUT2D eigenvalue weighted by Gasteiger charge is -2.24. The van der Waals surface area contributed by atoms with Crippen molar-refractivity contribution in [1.29, 1.82) is 0 Å². The molecule has 2 rings (SSSR count). The second kappa shape index (κ2) is 7.19. The first kappa shape index (κ1) is 19.5. The summed E-state index contributed by atoms with van der Waals surface area (Å²) < 4.78 is 57.5. The first-order valence-electron chi connectivity index (χ1n) is 8.02. The van der Waals surface area contributed by atoms with Gasteiger partial charge < -0.3 is 15.0 Å². The Morgan fingerprint density at radius 3 is 2.60 bits per heavy atom. The highest BCUT2D eigenvalue weighted by Gasteiger charge is 2.34. The molecule has 1 fully saturated rings. The molecule has 1 heterocycles. The Morgan fingerprint density at radius 2 is 2.00 bits per heavy atom. The molecule has 4 nitrogen and oxygen atoms in total. The Hall–Kier alpha value is -1.83. The fourth-order valence-corrected chi connectivity index (χ4v) is 2.66. The van der Waals surface area contributed by atoms with Gasteiger partial charge >= 0.3 is 12.3 Å². The molecule has 1 N–H and O–H groups in total. The highest BCUT2D eigenvalue weighted by atomic mass is 19.4. The van der Waals surface area contributed by atoms with Gasteiger partial charge in [0.1, 0.15) is 11.4 Å². The molecule has 1 aliphatic rings. The number of benzene rings is 1. The Morgan fingerprint density at radius 1 is 1.32 bits per heavy atom. The predicted octanol–water partition coefficient (Wildman–Crippen LogP) is 3.94. The van der Waals surface area contributed by atoms with E-state index in [1.807, 2.05) is 0 Å². The van der Waals surface area contributed by atoms with Crippen LogP contribution in [0.4, 0.5) is 22.4 Å². The van der Waals surface area contributed by atoms with Crippen molar-refractivity contribution in [3.63, 3.8) is 0 Å². The molecule has 1 unspecified atom stereocenters. The maximum absolute atomic E-state index is 13.3. The molecule has 0 radical (unpaired) electrons. The minimum atomic E-state index is -4.54. The van der Waals surface area contributed by atoms with Crippen LogP contribution < -0.4 is 5.32 Å². The van der Waals surface area contributed by atoms with Crippen LogP contribution in [0, 0.1) is 5.82 Å². The summed E-state index contributed by atoms with van der Waals surface area (Å²) in [7, 11) is 0. The Balaban J connectivity index is 1.95. The van der Waals surface area contributed by atoms with Gasteiger partial charge in [-0.2, -0.15) is 13.2 Å². The van der Waals surface area contributed by atoms with Crippen LogP contribution in [0.2, 0.25) is 0 Å². The van der Waals surface area contributed by atoms with E-state index >= 15 is 0 Å². The number of hydrogen-bond acceptors (Lipinski definition) is 3. The molecule has 0 saturated carbocycles. The maximum Gasteiger partial charge on any atom is 0.416 e. The maximum atomic E-state index is 13.3. The molecule has 0 aromatic heterocycles. The number of likely N-dealkylation sites (tertiary alicyclic amines) is 1. The summed E-state index contributed by atoms with van der Waals surface area (Å²) in [6, 6.07) is 2.26. The fourth-order valence-electron chi connectivity index (χ4n) is 2.66. The summed E-state index contributed by atoms with van der Waals surface area (Å²) in [4.78, 5) is 13.5. The molecular weight excluding hydrogens is 340 g/mol. The van der Waals surface area contributed by atoms with E-state index in [2.05, 4.69) is 5.32 Å². The molecule has 1 aromatic carbocycles. The van der Waals surface area contributed by atoms with Crippen molar-refractivity contribution in [3.8, 4) is 0 Å². The van der Waals surface area contributed by atoms with E-state index in [1.54, 1.807) is 20.8 Å². The lowest BCUT2D eigenvalue weighted by atomic mass is 10.1. The van der Waals surface area contributed by atoms with Crippen LogP contribution in [-0.4, -0.2) is 35.7 Å². The van der Waals surface area contributed by atoms with Gasteiger partial charge in [0.2, 0.25) is 0 Å². The largest absolute Gasteiger partial charge is 0.444 e. The van der Waals surface area contributed by atoms with Crippen molar-refractivity contribution in [2.24, 2.45) is 0 Å². The highest BCUT2D eigenvalue weighted by Crippen LogP contribution is 2.32. The summed E-state index contributed by atoms with van der Waals surface area (Å²) >= 11 is 0. The van der Waals surface area contributed by atoms with Crippen molar-refractivity contribution in [2.75, 3.05) is 13.1 Å². The van der Waals surface area contributed by atoms with Crippen molar-refractivity contribution >= 4 is 6.09 Å². The SMILES string of the molecule is CC(C)(C)OC(=O)N1CCC(NCc2cc(F)ccc2C(F)(F)F)C1. The molecule has 8 heteroatoms. The van der Waals surface area contributed by atoms with E-state index in [0.717, 1.165) is 18.2 Å². The predicted molar refractivity (Wildman–Crippen MR) is 84.5 cm³/mol. The van der Waals surface area contributed by atoms with Gasteiger partial charge in [0.15, 0.2) is 0 Å². The molecule has 1 saturated heterocycles. The van der Waals surface area contributed by atoms with Crippen molar-refractivity contribution < 1.29 is 27.1 Å². The molecule has 1 aromatic rings. The number of hydrogen-bond donors (Lipinski definition) is 1. The van der Waals surface area contributed by atoms with Crippen molar-refractivity contribution in [3.05, 3.63) is 35.1 Å². The van der Waals surface area contributed by atoms with Crippen LogP contribution in [0.3, 0.4) is 0 Å². The van der Waals surface area contributed by atoms with Gasteiger partial charge in [0.25, 0.3) is 0 Å². The van der Waals surface area contributed by atoms with Crippen LogP contribution in [0.25, 0.3) is 0 Å². The lowest BCUT2D eigenvalue weighted by Crippen LogP contribution is -2.38. The molecule has 0 spiro atoms. The number of amides is 1. The lowest BCUT2D eigenvalue weighted by molar-refractivity contribution is -0.138. The average Bonchev–Trinajstić information content (AvgIpc) is 2.91. The first-order valence-corrected chi connectivity index (χ1v) is 8.02. The fraction of sp³-hybridized carbons (Fsp3) is 0.588. The minimum absolute atomic E-state index is 0.126. The number of ether oxygens (including phenoxy) is 1. The molecule has 0 bridgehead atoms. The van der Waals surface area contributed by atoms with Gasteiger partial charge in [-0.05, 0) is 51.0 Å². The van der Waals surface area contributed by atoms with E-state index in [1.165, 1.54) is 4.90 Å². The molecular formula is C17H22F4N2O2. The Labute approximate surface area is 144 Å². The Bertz CT molecular complexity index is 626. The number of rotatable bonds is 3. The number of alkyl halides is 3. The van der Waals surface area contributed by atoms with Crippen LogP contribution in [0.1, 0.15) is 38.3 Å². The summed E-state index contributed by atoms with van der Waals surface area (Å²) in [5.74, 6) is -0.716. The zero-order chi connectivity index (χ0) is 18.8. The third kappa shape index (κ3) is 5.59. The average molecular weight is 362 g/mol. The molecule has 1 aliphatic heterocycles. The Kier molecular flexibility index (Phi) is 5.61. The quantitative estimate of drug-likeness (QED) is 0.828. The van der Waals surface area contributed by atoms with Gasteiger partial charge in [-0.1, -0.05) is 0 Å². The molecule has 1 atom stereocenters. The summed E-state index contributed by atoms with van der Waals surface area (Å²) in [6.07, 6.45) is -4.39. The summed E-state index contributed by atoms with van der Waals surface area (Å²) in [5, 5.41) is 2.97. The van der Waals surface area contributed by atoms with E-state index in [9.17, 15) is 22.4 Å². The van der Waals surface area contributed by atoms with Gasteiger partial charge in [-0.15, -0.1) is 0 Å². The molecule has 140 valence electrons. The normalized spacial score (nSPS) is 18.5. The van der Waals surface area contributed by atoms with Crippen LogP contribution in [0.15, 0.2) is 18.2 Å². The minimum Gasteiger partial charge on any atom is -0.444 e. The van der Waals surface area contributed by atoms with Gasteiger partial charge in [-0.25, -0.2) is 9.18 Å². The molecule has 0 aliphatic carbocycles. The first-order chi connectivity index (χ1) is 11.5. The number of carbonyl (C=O) groups is 1. The van der Waals surface area contributed by atoms with Gasteiger partial charge in [0.05, 0.1) is 5.56 Å². The van der Waals surface area contributed by atoms with Crippen LogP contribution in [-0.2, 0) is 17.5 Å². The monoisotopic (exact) mass is 362 g/mol. The second-order valence-corrected chi connectivity index (χ2v) is 7.09. The van der Waals surface area contributed by atoms with Crippen molar-refractivity contribution in [2.45, 2.75) is 51.6 Å². The molecule has 1 amide bonds. The van der Waals surface area contributed by atoms with Gasteiger partial charge in [0, 0.05) is 25.7 Å². The topological polar surface area (TPSA) is 41.6 Å². The summed E-state index contributed by atoms with van der Waals surface area (Å²) in [5.41, 5.74) is -1.61. The number of nitrogens with one attached hydrogen (secondary N) is 1. The third-order valence-electron chi connectivity index (χ3n) is 3.79. The third-order valence-corrected chi connectivity index (χ3v) is 3.79. The van der Waals surface area contributed by atoms with Crippen LogP contribution >= 0.6 is 0 Å². The second-order valence-electron chi connectivity index (χ2n) is 7.09. The van der Waals surface area contributed by atoms with Crippen LogP contribution in [0.5, 0.6) is 0 Å².